The van der Waals surface area contributed by atoms with Crippen molar-refractivity contribution in [3.8, 4) is 0 Å². The van der Waals surface area contributed by atoms with Gasteiger partial charge in [-0.25, -0.2) is 14.6 Å². The first-order chi connectivity index (χ1) is 9.83. The van der Waals surface area contributed by atoms with Crippen molar-refractivity contribution >= 4 is 18.0 Å². The molecule has 0 spiro atoms. The highest BCUT2D eigenvalue weighted by Crippen LogP contribution is 2.17. The quantitative estimate of drug-likeness (QED) is 0.904. The van der Waals surface area contributed by atoms with Gasteiger partial charge in [-0.2, -0.15) is 0 Å². The van der Waals surface area contributed by atoms with Gasteiger partial charge in [-0.1, -0.05) is 6.07 Å². The van der Waals surface area contributed by atoms with Gasteiger partial charge in [0.2, 0.25) is 0 Å². The van der Waals surface area contributed by atoms with E-state index in [1.165, 1.54) is 4.90 Å². The number of aromatic nitrogens is 1. The van der Waals surface area contributed by atoms with Gasteiger partial charge in [-0.05, 0) is 32.9 Å². The zero-order valence-electron chi connectivity index (χ0n) is 12.3. The molecule has 1 fully saturated rings. The molecule has 1 N–H and O–H groups in total. The lowest BCUT2D eigenvalue weighted by molar-refractivity contribution is -0.0339. The monoisotopic (exact) mass is 293 g/mol. The molecule has 0 radical (unpaired) electrons. The van der Waals surface area contributed by atoms with Gasteiger partial charge < -0.3 is 14.4 Å². The maximum absolute atomic E-state index is 11.7. The average Bonchev–Trinajstić information content (AvgIpc) is 2.32. The zero-order valence-corrected chi connectivity index (χ0v) is 12.3. The smallest absolute Gasteiger partial charge is 0.413 e. The zero-order chi connectivity index (χ0) is 15.5. The van der Waals surface area contributed by atoms with Gasteiger partial charge in [0.05, 0.1) is 13.1 Å². The highest BCUT2D eigenvalue weighted by Gasteiger charge is 2.36. The van der Waals surface area contributed by atoms with E-state index >= 15 is 0 Å². The summed E-state index contributed by atoms with van der Waals surface area (Å²) in [5.74, 6) is 0.422. The predicted molar refractivity (Wildman–Crippen MR) is 75.9 cm³/mol. The van der Waals surface area contributed by atoms with Crippen LogP contribution in [-0.4, -0.2) is 46.9 Å². The van der Waals surface area contributed by atoms with E-state index in [2.05, 4.69) is 10.3 Å². The Morgan fingerprint density at radius 2 is 2.05 bits per heavy atom. The third-order valence-electron chi connectivity index (χ3n) is 2.67. The molecule has 7 nitrogen and oxygen atoms in total. The molecule has 0 aliphatic carbocycles. The highest BCUT2D eigenvalue weighted by atomic mass is 16.6. The first-order valence-corrected chi connectivity index (χ1v) is 6.70. The van der Waals surface area contributed by atoms with Gasteiger partial charge in [-0.3, -0.25) is 5.32 Å². The fourth-order valence-corrected chi connectivity index (χ4v) is 1.71. The van der Waals surface area contributed by atoms with Crippen LogP contribution < -0.4 is 5.32 Å². The molecular weight excluding hydrogens is 274 g/mol. The van der Waals surface area contributed by atoms with Crippen molar-refractivity contribution in [1.29, 1.82) is 0 Å². The maximum Gasteiger partial charge on any atom is 0.413 e. The summed E-state index contributed by atoms with van der Waals surface area (Å²) in [6, 6.07) is 5.17. The number of hydrogen-bond donors (Lipinski definition) is 1. The second kappa shape index (κ2) is 5.99. The molecule has 0 unspecified atom stereocenters. The van der Waals surface area contributed by atoms with Crippen molar-refractivity contribution in [3.63, 3.8) is 0 Å². The van der Waals surface area contributed by atoms with Crippen LogP contribution in [-0.2, 0) is 9.47 Å². The molecule has 114 valence electrons. The molecule has 1 aromatic heterocycles. The predicted octanol–water partition coefficient (Wildman–Crippen LogP) is 2.25. The summed E-state index contributed by atoms with van der Waals surface area (Å²) in [5.41, 5.74) is -0.528. The van der Waals surface area contributed by atoms with Gasteiger partial charge in [-0.15, -0.1) is 0 Å². The molecule has 7 heteroatoms. The van der Waals surface area contributed by atoms with Crippen LogP contribution in [0, 0.1) is 0 Å². The molecular formula is C14H19N3O4. The van der Waals surface area contributed by atoms with Crippen LogP contribution >= 0.6 is 0 Å². The van der Waals surface area contributed by atoms with Crippen LogP contribution in [0.3, 0.4) is 0 Å². The summed E-state index contributed by atoms with van der Waals surface area (Å²) in [6.07, 6.45) is 0.277. The summed E-state index contributed by atoms with van der Waals surface area (Å²) in [6.45, 7) is 6.09. The van der Waals surface area contributed by atoms with Crippen LogP contribution in [0.2, 0.25) is 0 Å². The second-order valence-electron chi connectivity index (χ2n) is 5.75. The molecule has 2 amide bonds. The summed E-state index contributed by atoms with van der Waals surface area (Å²) in [7, 11) is 0. The largest absolute Gasteiger partial charge is 0.444 e. The molecule has 1 aliphatic rings. The number of carbonyl (C=O) groups excluding carboxylic acids is 2. The normalized spacial score (nSPS) is 15.1. The van der Waals surface area contributed by atoms with E-state index in [9.17, 15) is 9.59 Å². The number of rotatable bonds is 2. The maximum atomic E-state index is 11.7. The van der Waals surface area contributed by atoms with Crippen LogP contribution in [0.1, 0.15) is 20.8 Å². The van der Waals surface area contributed by atoms with Crippen molar-refractivity contribution in [2.45, 2.75) is 32.5 Å². The van der Waals surface area contributed by atoms with E-state index < -0.39 is 17.8 Å². The Morgan fingerprint density at radius 1 is 1.33 bits per heavy atom. The highest BCUT2D eigenvalue weighted by molar-refractivity contribution is 5.83. The summed E-state index contributed by atoms with van der Waals surface area (Å²) >= 11 is 0. The molecule has 2 heterocycles. The minimum Gasteiger partial charge on any atom is -0.444 e. The van der Waals surface area contributed by atoms with Crippen LogP contribution in [0.4, 0.5) is 15.4 Å². The Kier molecular flexibility index (Phi) is 4.30. The number of hydrogen-bond acceptors (Lipinski definition) is 5. The van der Waals surface area contributed by atoms with Gasteiger partial charge in [0.1, 0.15) is 17.5 Å². The lowest BCUT2D eigenvalue weighted by Crippen LogP contribution is -2.56. The fraction of sp³-hybridized carbons (Fsp3) is 0.500. The van der Waals surface area contributed by atoms with Crippen molar-refractivity contribution in [1.82, 2.24) is 9.88 Å². The number of amides is 2. The number of ether oxygens (including phenoxy) is 2. The molecule has 0 atom stereocenters. The molecule has 2 rings (SSSR count). The minimum absolute atomic E-state index is 0.318. The number of nitrogens with one attached hydrogen (secondary N) is 1. The molecule has 0 aromatic carbocycles. The SMILES string of the molecule is CC(C)(C)OC(=O)N1CC(OC(=O)Nc2ccccn2)C1. The Bertz CT molecular complexity index is 507. The second-order valence-corrected chi connectivity index (χ2v) is 5.75. The average molecular weight is 293 g/mol. The minimum atomic E-state index is -0.581. The van der Waals surface area contributed by atoms with E-state index in [1.807, 2.05) is 0 Å². The summed E-state index contributed by atoms with van der Waals surface area (Å²) in [5, 5.41) is 2.52. The number of likely N-dealkylation sites (tertiary alicyclic amines) is 1. The Hall–Kier alpha value is -2.31. The molecule has 1 saturated heterocycles. The lowest BCUT2D eigenvalue weighted by atomic mass is 10.2. The Morgan fingerprint density at radius 3 is 2.62 bits per heavy atom. The topological polar surface area (TPSA) is 80.8 Å². The van der Waals surface area contributed by atoms with Crippen molar-refractivity contribution < 1.29 is 19.1 Å². The Balaban J connectivity index is 1.71. The van der Waals surface area contributed by atoms with Gasteiger partial charge >= 0.3 is 12.2 Å². The van der Waals surface area contributed by atoms with Gasteiger partial charge in [0.25, 0.3) is 0 Å². The number of pyridine rings is 1. The lowest BCUT2D eigenvalue weighted by Gasteiger charge is -2.38. The third kappa shape index (κ3) is 4.62. The van der Waals surface area contributed by atoms with Crippen LogP contribution in [0.5, 0.6) is 0 Å². The molecule has 0 saturated carbocycles. The molecule has 1 aliphatic heterocycles. The van der Waals surface area contributed by atoms with Gasteiger partial charge in [0.15, 0.2) is 0 Å². The molecule has 0 bridgehead atoms. The van der Waals surface area contributed by atoms with Crippen molar-refractivity contribution in [2.24, 2.45) is 0 Å². The van der Waals surface area contributed by atoms with E-state index in [0.29, 0.717) is 18.9 Å². The fourth-order valence-electron chi connectivity index (χ4n) is 1.71. The van der Waals surface area contributed by atoms with E-state index in [1.54, 1.807) is 45.2 Å². The van der Waals surface area contributed by atoms with Crippen LogP contribution in [0.25, 0.3) is 0 Å². The van der Waals surface area contributed by atoms with E-state index in [4.69, 9.17) is 9.47 Å². The van der Waals surface area contributed by atoms with Crippen LogP contribution in [0.15, 0.2) is 24.4 Å². The number of anilines is 1. The van der Waals surface area contributed by atoms with Crippen molar-refractivity contribution in [2.75, 3.05) is 18.4 Å². The standard InChI is InChI=1S/C14H19N3O4/c1-14(2,3)21-13(19)17-8-10(9-17)20-12(18)16-11-6-4-5-7-15-11/h4-7,10H,8-9H2,1-3H3,(H,15,16,18). The number of nitrogens with zero attached hydrogens (tertiary/aromatic N) is 2. The molecule has 1 aromatic rings. The first-order valence-electron chi connectivity index (χ1n) is 6.70. The van der Waals surface area contributed by atoms with Gasteiger partial charge in [0, 0.05) is 6.20 Å². The number of carbonyl (C=O) groups is 2. The van der Waals surface area contributed by atoms with E-state index in [-0.39, 0.29) is 6.10 Å². The third-order valence-corrected chi connectivity index (χ3v) is 2.67. The van der Waals surface area contributed by atoms with E-state index in [0.717, 1.165) is 0 Å². The molecule has 21 heavy (non-hydrogen) atoms. The Labute approximate surface area is 123 Å². The summed E-state index contributed by atoms with van der Waals surface area (Å²) in [4.78, 5) is 28.8. The van der Waals surface area contributed by atoms with Crippen molar-refractivity contribution in [3.05, 3.63) is 24.4 Å². The first kappa shape index (κ1) is 15.1. The summed E-state index contributed by atoms with van der Waals surface area (Å²) < 4.78 is 10.4.